The summed E-state index contributed by atoms with van der Waals surface area (Å²) in [6.07, 6.45) is 8.62. The summed E-state index contributed by atoms with van der Waals surface area (Å²) >= 11 is 0. The molecule has 3 aromatic rings. The molecule has 35 heavy (non-hydrogen) atoms. The van der Waals surface area contributed by atoms with Crippen LogP contribution in [-0.2, 0) is 17.9 Å². The lowest BCUT2D eigenvalue weighted by Crippen LogP contribution is -2.42. The van der Waals surface area contributed by atoms with Crippen molar-refractivity contribution >= 4 is 17.7 Å². The van der Waals surface area contributed by atoms with Gasteiger partial charge in [0, 0.05) is 64.4 Å². The van der Waals surface area contributed by atoms with Crippen molar-refractivity contribution in [3.8, 4) is 0 Å². The first-order chi connectivity index (χ1) is 17.1. The number of carbonyl (C=O) groups excluding carboxylic acids is 1. The van der Waals surface area contributed by atoms with Gasteiger partial charge in [-0.05, 0) is 41.3 Å². The van der Waals surface area contributed by atoms with E-state index in [4.69, 9.17) is 0 Å². The zero-order valence-corrected chi connectivity index (χ0v) is 20.6. The van der Waals surface area contributed by atoms with Crippen LogP contribution in [-0.4, -0.2) is 55.1 Å². The number of nitrogens with zero attached hydrogens (tertiary/aromatic N) is 3. The molecule has 2 aromatic carbocycles. The number of anilines is 1. The molecule has 2 heterocycles. The molecule has 6 nitrogen and oxygen atoms in total. The lowest BCUT2D eigenvalue weighted by atomic mass is 10.1. The number of hydrogen-bond donors (Lipinski definition) is 2. The van der Waals surface area contributed by atoms with Crippen LogP contribution in [0.15, 0.2) is 85.2 Å². The minimum absolute atomic E-state index is 0.0746. The molecule has 6 heteroatoms. The maximum Gasteiger partial charge on any atom is 0.237 e. The molecular weight excluding hydrogens is 434 g/mol. The molecule has 182 valence electrons. The summed E-state index contributed by atoms with van der Waals surface area (Å²) < 4.78 is 0. The SMILES string of the molecule is CN(C)c1ccc(/C=C/CN[C@H]2C[C@@H](C(=O)NCc3cccnc3)N(Cc3ccccc3)C2)cc1. The highest BCUT2D eigenvalue weighted by molar-refractivity contribution is 5.82. The molecule has 1 aliphatic heterocycles. The Labute approximate surface area is 208 Å². The molecule has 4 rings (SSSR count). The topological polar surface area (TPSA) is 60.5 Å². The smallest absolute Gasteiger partial charge is 0.237 e. The van der Waals surface area contributed by atoms with E-state index in [0.717, 1.165) is 31.6 Å². The zero-order valence-electron chi connectivity index (χ0n) is 20.6. The van der Waals surface area contributed by atoms with E-state index >= 15 is 0 Å². The lowest BCUT2D eigenvalue weighted by molar-refractivity contribution is -0.125. The van der Waals surface area contributed by atoms with Crippen molar-refractivity contribution < 1.29 is 4.79 Å². The molecule has 1 saturated heterocycles. The first kappa shape index (κ1) is 24.6. The van der Waals surface area contributed by atoms with Crippen molar-refractivity contribution in [3.05, 3.63) is 102 Å². The van der Waals surface area contributed by atoms with Crippen LogP contribution in [0, 0.1) is 0 Å². The Kier molecular flexibility index (Phi) is 8.65. The van der Waals surface area contributed by atoms with Gasteiger partial charge in [0.25, 0.3) is 0 Å². The van der Waals surface area contributed by atoms with Gasteiger partial charge in [-0.3, -0.25) is 14.7 Å². The predicted octanol–water partition coefficient (Wildman–Crippen LogP) is 3.71. The van der Waals surface area contributed by atoms with Crippen molar-refractivity contribution in [3.63, 3.8) is 0 Å². The number of likely N-dealkylation sites (tertiary alicyclic amines) is 1. The molecule has 1 aliphatic rings. The highest BCUT2D eigenvalue weighted by atomic mass is 16.2. The second-order valence-corrected chi connectivity index (χ2v) is 9.24. The highest BCUT2D eigenvalue weighted by Gasteiger charge is 2.36. The van der Waals surface area contributed by atoms with E-state index < -0.39 is 0 Å². The van der Waals surface area contributed by atoms with Crippen molar-refractivity contribution in [2.45, 2.75) is 31.6 Å². The van der Waals surface area contributed by atoms with Gasteiger partial charge in [0.15, 0.2) is 0 Å². The summed E-state index contributed by atoms with van der Waals surface area (Å²) in [5.74, 6) is 0.0746. The zero-order chi connectivity index (χ0) is 24.5. The number of benzene rings is 2. The highest BCUT2D eigenvalue weighted by Crippen LogP contribution is 2.21. The van der Waals surface area contributed by atoms with Gasteiger partial charge in [-0.1, -0.05) is 60.7 Å². The van der Waals surface area contributed by atoms with E-state index in [2.05, 4.69) is 86.1 Å². The fraction of sp³-hybridized carbons (Fsp3) is 0.310. The normalized spacial score (nSPS) is 18.1. The second-order valence-electron chi connectivity index (χ2n) is 9.24. The number of amides is 1. The third kappa shape index (κ3) is 7.25. The molecule has 1 amide bonds. The minimum Gasteiger partial charge on any atom is -0.378 e. The standard InChI is InChI=1S/C29H35N5O/c1-33(2)27-14-12-23(13-15-27)10-7-17-31-26-18-28(29(35)32-20-25-11-6-16-30-19-25)34(22-26)21-24-8-4-3-5-9-24/h3-16,19,26,28,31H,17-18,20-22H2,1-2H3,(H,32,35)/b10-7+/t26-,28-/m0/s1. The number of nitrogens with one attached hydrogen (secondary N) is 2. The molecule has 0 bridgehead atoms. The van der Waals surface area contributed by atoms with E-state index in [1.54, 1.807) is 12.4 Å². The van der Waals surface area contributed by atoms with E-state index in [-0.39, 0.29) is 18.0 Å². The summed E-state index contributed by atoms with van der Waals surface area (Å²) in [6, 6.07) is 22.8. The number of pyridine rings is 1. The van der Waals surface area contributed by atoms with Crippen LogP contribution < -0.4 is 15.5 Å². The Hall–Kier alpha value is -3.48. The summed E-state index contributed by atoms with van der Waals surface area (Å²) in [7, 11) is 4.09. The summed E-state index contributed by atoms with van der Waals surface area (Å²) in [4.78, 5) is 21.7. The van der Waals surface area contributed by atoms with Crippen molar-refractivity contribution in [1.82, 2.24) is 20.5 Å². The largest absolute Gasteiger partial charge is 0.378 e. The molecule has 1 aromatic heterocycles. The Morgan fingerprint density at radius 2 is 1.83 bits per heavy atom. The van der Waals surface area contributed by atoms with Crippen LogP contribution in [0.4, 0.5) is 5.69 Å². The van der Waals surface area contributed by atoms with E-state index in [1.165, 1.54) is 16.8 Å². The molecule has 1 fully saturated rings. The molecule has 0 saturated carbocycles. The average Bonchev–Trinajstić information content (AvgIpc) is 3.29. The van der Waals surface area contributed by atoms with Gasteiger partial charge in [0.1, 0.15) is 0 Å². The van der Waals surface area contributed by atoms with Crippen LogP contribution in [0.2, 0.25) is 0 Å². The van der Waals surface area contributed by atoms with Crippen molar-refractivity contribution in [2.75, 3.05) is 32.1 Å². The first-order valence-corrected chi connectivity index (χ1v) is 12.2. The molecule has 0 unspecified atom stereocenters. The molecule has 0 radical (unpaired) electrons. The molecule has 0 aliphatic carbocycles. The van der Waals surface area contributed by atoms with Crippen molar-refractivity contribution in [2.24, 2.45) is 0 Å². The Balaban J connectivity index is 1.33. The quantitative estimate of drug-likeness (QED) is 0.474. The van der Waals surface area contributed by atoms with E-state index in [9.17, 15) is 4.79 Å². The fourth-order valence-corrected chi connectivity index (χ4v) is 4.44. The van der Waals surface area contributed by atoms with Gasteiger partial charge >= 0.3 is 0 Å². The van der Waals surface area contributed by atoms with Crippen LogP contribution in [0.1, 0.15) is 23.1 Å². The molecule has 2 atom stereocenters. The van der Waals surface area contributed by atoms with E-state index in [1.807, 2.05) is 32.3 Å². The summed E-state index contributed by atoms with van der Waals surface area (Å²) in [5.41, 5.74) is 4.60. The lowest BCUT2D eigenvalue weighted by Gasteiger charge is -2.23. The van der Waals surface area contributed by atoms with Gasteiger partial charge in [0.05, 0.1) is 6.04 Å². The Bertz CT molecular complexity index is 1080. The van der Waals surface area contributed by atoms with Crippen LogP contribution >= 0.6 is 0 Å². The van der Waals surface area contributed by atoms with Gasteiger partial charge in [-0.2, -0.15) is 0 Å². The first-order valence-electron chi connectivity index (χ1n) is 12.2. The Morgan fingerprint density at radius 1 is 1.06 bits per heavy atom. The van der Waals surface area contributed by atoms with Crippen LogP contribution in [0.25, 0.3) is 6.08 Å². The molecule has 2 N–H and O–H groups in total. The summed E-state index contributed by atoms with van der Waals surface area (Å²) in [5, 5.41) is 6.74. The Morgan fingerprint density at radius 3 is 2.54 bits per heavy atom. The molecule has 0 spiro atoms. The summed E-state index contributed by atoms with van der Waals surface area (Å²) in [6.45, 7) is 2.86. The average molecular weight is 470 g/mol. The van der Waals surface area contributed by atoms with Crippen LogP contribution in [0.5, 0.6) is 0 Å². The maximum atomic E-state index is 13.1. The molecular formula is C29H35N5O. The third-order valence-electron chi connectivity index (χ3n) is 6.37. The van der Waals surface area contributed by atoms with Gasteiger partial charge in [-0.25, -0.2) is 0 Å². The minimum atomic E-state index is -0.160. The van der Waals surface area contributed by atoms with Gasteiger partial charge < -0.3 is 15.5 Å². The number of aromatic nitrogens is 1. The second kappa shape index (κ2) is 12.3. The predicted molar refractivity (Wildman–Crippen MR) is 143 cm³/mol. The fourth-order valence-electron chi connectivity index (χ4n) is 4.44. The van der Waals surface area contributed by atoms with E-state index in [0.29, 0.717) is 6.54 Å². The third-order valence-corrected chi connectivity index (χ3v) is 6.37. The maximum absolute atomic E-state index is 13.1. The van der Waals surface area contributed by atoms with Crippen LogP contribution in [0.3, 0.4) is 0 Å². The van der Waals surface area contributed by atoms with Gasteiger partial charge in [0.2, 0.25) is 5.91 Å². The number of carbonyl (C=O) groups is 1. The monoisotopic (exact) mass is 469 g/mol. The van der Waals surface area contributed by atoms with Gasteiger partial charge in [-0.15, -0.1) is 0 Å². The van der Waals surface area contributed by atoms with Crippen molar-refractivity contribution in [1.29, 1.82) is 0 Å². The number of rotatable bonds is 10. The number of hydrogen-bond acceptors (Lipinski definition) is 5.